The van der Waals surface area contributed by atoms with Gasteiger partial charge in [-0.05, 0) is 0 Å². The molecule has 0 spiro atoms. The van der Waals surface area contributed by atoms with Crippen LogP contribution in [0.2, 0.25) is 0 Å². The van der Waals surface area contributed by atoms with Crippen molar-refractivity contribution in [3.8, 4) is 0 Å². The fourth-order valence-electron chi connectivity index (χ4n) is 4.26. The molecule has 4 nitrogen and oxygen atoms in total. The third-order valence-corrected chi connectivity index (χ3v) is 8.01. The van der Waals surface area contributed by atoms with E-state index < -0.39 is 0 Å². The minimum atomic E-state index is -0.194. The van der Waals surface area contributed by atoms with Crippen molar-refractivity contribution in [3.63, 3.8) is 0 Å². The standard InChI is InChI=1S/C29H18N2O2Se/c32-28-23-16-19-8-4-5-9-20(19)17-24(23)29(33)25(28)18-22-13-14-27(34-22)31(21-10-2-1-3-11-21)26-12-6-7-15-30-26/h1-18H. The average molecular weight is 505 g/mol. The third-order valence-electron chi connectivity index (χ3n) is 5.88. The van der Waals surface area contributed by atoms with E-state index in [1.807, 2.05) is 91.0 Å². The van der Waals surface area contributed by atoms with Crippen LogP contribution in [-0.2, 0) is 0 Å². The van der Waals surface area contributed by atoms with Crippen molar-refractivity contribution in [1.29, 1.82) is 0 Å². The Bertz CT molecular complexity index is 1490. The first-order valence-corrected chi connectivity index (χ1v) is 12.6. The van der Waals surface area contributed by atoms with Gasteiger partial charge in [-0.15, -0.1) is 0 Å². The molecule has 1 aliphatic rings. The molecule has 1 aliphatic carbocycles. The Balaban J connectivity index is 1.39. The summed E-state index contributed by atoms with van der Waals surface area (Å²) in [4.78, 5) is 33.0. The molecule has 2 heterocycles. The van der Waals surface area contributed by atoms with Gasteiger partial charge in [0.15, 0.2) is 0 Å². The molecule has 6 rings (SSSR count). The fraction of sp³-hybridized carbons (Fsp3) is 0. The Morgan fingerprint density at radius 1 is 0.706 bits per heavy atom. The van der Waals surface area contributed by atoms with Gasteiger partial charge in [-0.3, -0.25) is 0 Å². The van der Waals surface area contributed by atoms with Gasteiger partial charge < -0.3 is 0 Å². The SMILES string of the molecule is O=C1C(=Cc2ccc(N(c3ccccc3)c3ccccn3)[se]2)C(=O)c2cc3ccccc3cc21. The predicted octanol–water partition coefficient (Wildman–Crippen LogP) is 6.22. The van der Waals surface area contributed by atoms with Gasteiger partial charge in [-0.2, -0.15) is 0 Å². The Kier molecular flexibility index (Phi) is 5.06. The number of fused-ring (bicyclic) bond motifs is 2. The van der Waals surface area contributed by atoms with Gasteiger partial charge in [0.1, 0.15) is 0 Å². The number of pyridine rings is 1. The molecule has 0 saturated heterocycles. The summed E-state index contributed by atoms with van der Waals surface area (Å²) in [6.07, 6.45) is 3.56. The van der Waals surface area contributed by atoms with Gasteiger partial charge >= 0.3 is 203 Å². The van der Waals surface area contributed by atoms with Crippen LogP contribution in [0.3, 0.4) is 0 Å². The normalized spacial score (nSPS) is 12.8. The molecule has 0 bridgehead atoms. The summed E-state index contributed by atoms with van der Waals surface area (Å²) in [5, 5.41) is 1.93. The minimum absolute atomic E-state index is 0.0968. The van der Waals surface area contributed by atoms with Crippen LogP contribution in [0.25, 0.3) is 16.8 Å². The zero-order chi connectivity index (χ0) is 23.1. The molecule has 5 aromatic rings. The van der Waals surface area contributed by atoms with Crippen molar-refractivity contribution in [1.82, 2.24) is 4.98 Å². The monoisotopic (exact) mass is 506 g/mol. The Morgan fingerprint density at radius 3 is 2.00 bits per heavy atom. The van der Waals surface area contributed by atoms with Crippen LogP contribution in [0.4, 0.5) is 16.1 Å². The molecule has 34 heavy (non-hydrogen) atoms. The van der Waals surface area contributed by atoms with Crippen LogP contribution in [0.1, 0.15) is 25.2 Å². The van der Waals surface area contributed by atoms with Crippen molar-refractivity contribution >= 4 is 59.0 Å². The maximum absolute atomic E-state index is 13.2. The van der Waals surface area contributed by atoms with E-state index >= 15 is 0 Å². The number of Topliss-reactive ketones (excluding diaryl/α,β-unsaturated/α-hetero) is 2. The second-order valence-electron chi connectivity index (χ2n) is 8.00. The van der Waals surface area contributed by atoms with E-state index in [1.165, 1.54) is 0 Å². The number of hydrogen-bond donors (Lipinski definition) is 0. The number of aromatic nitrogens is 1. The number of nitrogens with zero attached hydrogens (tertiary/aromatic N) is 2. The Morgan fingerprint density at radius 2 is 1.35 bits per heavy atom. The number of benzene rings is 3. The molecule has 0 unspecified atom stereocenters. The topological polar surface area (TPSA) is 50.3 Å². The zero-order valence-corrected chi connectivity index (χ0v) is 19.7. The number of hydrogen-bond acceptors (Lipinski definition) is 4. The first-order chi connectivity index (χ1) is 16.7. The molecule has 0 fully saturated rings. The summed E-state index contributed by atoms with van der Waals surface area (Å²) in [6.45, 7) is 0. The molecule has 0 N–H and O–H groups in total. The van der Waals surface area contributed by atoms with Crippen LogP contribution in [0, 0.1) is 0 Å². The second-order valence-corrected chi connectivity index (χ2v) is 10.3. The number of carbonyl (C=O) groups excluding carboxylic acids is 2. The zero-order valence-electron chi connectivity index (χ0n) is 18.0. The van der Waals surface area contributed by atoms with E-state index in [2.05, 4.69) is 16.0 Å². The summed E-state index contributed by atoms with van der Waals surface area (Å²) >= 11 is -0.0968. The average Bonchev–Trinajstić information content (AvgIpc) is 3.43. The van der Waals surface area contributed by atoms with Crippen molar-refractivity contribution < 1.29 is 9.59 Å². The van der Waals surface area contributed by atoms with Gasteiger partial charge in [-0.25, -0.2) is 0 Å². The van der Waals surface area contributed by atoms with E-state index in [-0.39, 0.29) is 31.6 Å². The number of ketones is 2. The molecule has 0 radical (unpaired) electrons. The summed E-state index contributed by atoms with van der Waals surface area (Å²) in [5.41, 5.74) is 2.25. The van der Waals surface area contributed by atoms with Gasteiger partial charge in [0, 0.05) is 0 Å². The third kappa shape index (κ3) is 3.52. The summed E-state index contributed by atoms with van der Waals surface area (Å²) in [5.74, 6) is 0.442. The van der Waals surface area contributed by atoms with Crippen LogP contribution < -0.4 is 4.90 Å². The van der Waals surface area contributed by atoms with Crippen LogP contribution >= 0.6 is 0 Å². The van der Waals surface area contributed by atoms with E-state index in [0.29, 0.717) is 11.1 Å². The quantitative estimate of drug-likeness (QED) is 0.165. The van der Waals surface area contributed by atoms with Crippen molar-refractivity contribution in [2.75, 3.05) is 4.90 Å². The number of allylic oxidation sites excluding steroid dienone is 1. The van der Waals surface area contributed by atoms with Crippen molar-refractivity contribution in [2.45, 2.75) is 0 Å². The molecule has 2 aromatic heterocycles. The molecular formula is C29H18N2O2Se. The molecule has 0 amide bonds. The Hall–Kier alpha value is -4.05. The maximum atomic E-state index is 13.2. The summed E-state index contributed by atoms with van der Waals surface area (Å²) in [7, 11) is 0. The van der Waals surface area contributed by atoms with E-state index in [1.54, 1.807) is 12.3 Å². The van der Waals surface area contributed by atoms with Gasteiger partial charge in [-0.1, -0.05) is 0 Å². The van der Waals surface area contributed by atoms with E-state index in [4.69, 9.17) is 0 Å². The molecule has 0 aliphatic heterocycles. The number of rotatable bonds is 4. The predicted molar refractivity (Wildman–Crippen MR) is 136 cm³/mol. The molecular weight excluding hydrogens is 487 g/mol. The molecule has 0 atom stereocenters. The molecule has 5 heteroatoms. The van der Waals surface area contributed by atoms with Crippen LogP contribution in [-0.4, -0.2) is 31.1 Å². The van der Waals surface area contributed by atoms with Gasteiger partial charge in [0.25, 0.3) is 0 Å². The number of carbonyl (C=O) groups is 2. The van der Waals surface area contributed by atoms with Crippen LogP contribution in [0.15, 0.2) is 109 Å². The summed E-state index contributed by atoms with van der Waals surface area (Å²) in [6, 6.07) is 31.5. The molecule has 3 aromatic carbocycles. The van der Waals surface area contributed by atoms with Gasteiger partial charge in [0.05, 0.1) is 0 Å². The molecule has 0 saturated carbocycles. The fourth-order valence-corrected chi connectivity index (χ4v) is 6.32. The number of anilines is 3. The van der Waals surface area contributed by atoms with Crippen molar-refractivity contribution in [3.05, 3.63) is 124 Å². The first-order valence-electron chi connectivity index (χ1n) is 10.9. The van der Waals surface area contributed by atoms with E-state index in [0.717, 1.165) is 31.3 Å². The van der Waals surface area contributed by atoms with E-state index in [9.17, 15) is 9.59 Å². The van der Waals surface area contributed by atoms with Crippen LogP contribution in [0.5, 0.6) is 0 Å². The molecule has 162 valence electrons. The summed E-state index contributed by atoms with van der Waals surface area (Å²) < 4.78 is 2.07. The second kappa shape index (κ2) is 8.38. The first kappa shape index (κ1) is 20.5. The van der Waals surface area contributed by atoms with Crippen molar-refractivity contribution in [2.24, 2.45) is 0 Å². The van der Waals surface area contributed by atoms with Gasteiger partial charge in [0.2, 0.25) is 0 Å². The Labute approximate surface area is 202 Å². The number of para-hydroxylation sites is 1.